The van der Waals surface area contributed by atoms with Crippen LogP contribution in [0, 0.1) is 18.3 Å². The molecular formula is C21H25IN4O3S. The third-order valence-corrected chi connectivity index (χ3v) is 5.72. The van der Waals surface area contributed by atoms with E-state index in [-0.39, 0.29) is 12.2 Å². The minimum Gasteiger partial charge on any atom is -0.444 e. The number of fused-ring (bicyclic) bond motifs is 1. The molecule has 9 heteroatoms. The van der Waals surface area contributed by atoms with E-state index in [1.807, 2.05) is 43.2 Å². The maximum absolute atomic E-state index is 12.9. The topological polar surface area (TPSA) is 87.4 Å². The van der Waals surface area contributed by atoms with Crippen LogP contribution >= 0.6 is 30.3 Å². The number of hydrogen-bond donors (Lipinski definition) is 1. The average molecular weight is 540 g/mol. The second-order valence-corrected chi connectivity index (χ2v) is 9.76. The molecule has 1 amide bonds. The molecule has 0 bridgehead atoms. The van der Waals surface area contributed by atoms with Crippen LogP contribution < -0.4 is 5.32 Å². The number of rotatable bonds is 6. The Morgan fingerprint density at radius 1 is 1.33 bits per heavy atom. The molecule has 0 aliphatic heterocycles. The Bertz CT molecular complexity index is 1050. The van der Waals surface area contributed by atoms with Gasteiger partial charge in [0.25, 0.3) is 0 Å². The lowest BCUT2D eigenvalue weighted by Crippen LogP contribution is -2.27. The lowest BCUT2D eigenvalue weighted by molar-refractivity contribution is 0.0635. The van der Waals surface area contributed by atoms with Gasteiger partial charge in [0.05, 0.1) is 22.9 Å². The van der Waals surface area contributed by atoms with Crippen molar-refractivity contribution in [2.45, 2.75) is 39.7 Å². The van der Waals surface area contributed by atoms with E-state index in [2.05, 4.69) is 32.6 Å². The van der Waals surface area contributed by atoms with Gasteiger partial charge in [-0.25, -0.2) is 4.79 Å². The van der Waals surface area contributed by atoms with Gasteiger partial charge in [-0.2, -0.15) is 5.26 Å². The number of nitrogens with one attached hydrogen (secondary N) is 1. The van der Waals surface area contributed by atoms with Gasteiger partial charge >= 0.3 is 6.09 Å². The van der Waals surface area contributed by atoms with Crippen LogP contribution in [-0.4, -0.2) is 40.4 Å². The molecule has 0 saturated carbocycles. The zero-order valence-electron chi connectivity index (χ0n) is 17.9. The minimum absolute atomic E-state index is 0.0181. The number of hydrogen-bond acceptors (Lipinski definition) is 6. The van der Waals surface area contributed by atoms with E-state index in [9.17, 15) is 14.9 Å². The van der Waals surface area contributed by atoms with Gasteiger partial charge in [-0.3, -0.25) is 14.1 Å². The summed E-state index contributed by atoms with van der Waals surface area (Å²) in [6, 6.07) is 7.65. The van der Waals surface area contributed by atoms with Crippen molar-refractivity contribution < 1.29 is 14.3 Å². The summed E-state index contributed by atoms with van der Waals surface area (Å²) < 4.78 is 7.15. The first kappa shape index (κ1) is 24.1. The van der Waals surface area contributed by atoms with Crippen molar-refractivity contribution in [2.24, 2.45) is 0 Å². The highest BCUT2D eigenvalue weighted by Gasteiger charge is 2.20. The van der Waals surface area contributed by atoms with E-state index in [0.29, 0.717) is 17.0 Å². The van der Waals surface area contributed by atoms with Crippen molar-refractivity contribution in [3.8, 4) is 6.07 Å². The van der Waals surface area contributed by atoms with Crippen molar-refractivity contribution in [3.63, 3.8) is 0 Å². The molecule has 0 aliphatic carbocycles. The summed E-state index contributed by atoms with van der Waals surface area (Å²) in [5.41, 5.74) is 2.56. The molecule has 160 valence electrons. The fraction of sp³-hybridized carbons (Fsp3) is 0.381. The first-order valence-electron chi connectivity index (χ1n) is 9.20. The van der Waals surface area contributed by atoms with Crippen molar-refractivity contribution in [2.75, 3.05) is 19.4 Å². The van der Waals surface area contributed by atoms with Crippen LogP contribution in [-0.2, 0) is 4.74 Å². The highest BCUT2D eigenvalue weighted by atomic mass is 127. The number of allylic oxidation sites excluding steroid dienone is 1. The highest BCUT2D eigenvalue weighted by Crippen LogP contribution is 2.33. The number of nitrogens with zero attached hydrogens (tertiary/aromatic N) is 3. The number of ketones is 1. The zero-order chi connectivity index (χ0) is 22.6. The number of aromatic nitrogens is 1. The number of anilines is 1. The van der Waals surface area contributed by atoms with Crippen LogP contribution in [0.5, 0.6) is 0 Å². The second-order valence-electron chi connectivity index (χ2n) is 8.08. The standard InChI is InChI=1S/C21H25IN4O3S/c1-13-7-15-9-18(19(27)8-14(11-23)12-25(5)6)26(30-22)17(15)10-16(13)24-20(28)29-21(2,3)4/h7,9-10,12H,8H2,1-6H3,(H,24,28)/b14-12-. The van der Waals surface area contributed by atoms with Gasteiger partial charge in [0.1, 0.15) is 5.60 Å². The Hall–Kier alpha value is -2.19. The summed E-state index contributed by atoms with van der Waals surface area (Å²) in [6.45, 7) is 7.30. The van der Waals surface area contributed by atoms with E-state index in [1.165, 1.54) is 9.12 Å². The number of nitriles is 1. The lowest BCUT2D eigenvalue weighted by atomic mass is 10.1. The third kappa shape index (κ3) is 6.15. The van der Waals surface area contributed by atoms with Crippen LogP contribution in [0.25, 0.3) is 10.9 Å². The molecule has 0 atom stereocenters. The van der Waals surface area contributed by atoms with Gasteiger partial charge < -0.3 is 9.64 Å². The molecule has 30 heavy (non-hydrogen) atoms. The number of amides is 1. The van der Waals surface area contributed by atoms with E-state index in [1.54, 1.807) is 31.9 Å². The lowest BCUT2D eigenvalue weighted by Gasteiger charge is -2.20. The van der Waals surface area contributed by atoms with E-state index in [4.69, 9.17) is 4.74 Å². The maximum atomic E-state index is 12.9. The molecule has 0 fully saturated rings. The summed E-state index contributed by atoms with van der Waals surface area (Å²) in [4.78, 5) is 26.8. The normalized spacial score (nSPS) is 11.9. The number of ether oxygens (including phenoxy) is 1. The van der Waals surface area contributed by atoms with E-state index >= 15 is 0 Å². The van der Waals surface area contributed by atoms with Crippen LogP contribution in [0.2, 0.25) is 0 Å². The van der Waals surface area contributed by atoms with Crippen LogP contribution in [0.1, 0.15) is 43.2 Å². The summed E-state index contributed by atoms with van der Waals surface area (Å²) in [6.07, 6.45) is 1.13. The number of carbonyl (C=O) groups is 2. The molecule has 1 heterocycles. The number of Topliss-reactive ketones (excluding diaryl/α,β-unsaturated/α-hetero) is 1. The molecule has 2 rings (SSSR count). The van der Waals surface area contributed by atoms with Gasteiger partial charge in [0.15, 0.2) is 5.78 Å². The molecule has 0 unspecified atom stereocenters. The fourth-order valence-corrected chi connectivity index (χ4v) is 4.59. The van der Waals surface area contributed by atoms with Crippen molar-refractivity contribution in [3.05, 3.63) is 41.2 Å². The van der Waals surface area contributed by atoms with Crippen LogP contribution in [0.4, 0.5) is 10.5 Å². The van der Waals surface area contributed by atoms with Gasteiger partial charge in [-0.1, -0.05) is 0 Å². The Labute approximate surface area is 193 Å². The number of halogens is 1. The summed E-state index contributed by atoms with van der Waals surface area (Å²) >= 11 is 2.11. The molecule has 0 aliphatic rings. The number of benzene rings is 1. The van der Waals surface area contributed by atoms with Crippen molar-refractivity contribution >= 4 is 58.8 Å². The van der Waals surface area contributed by atoms with E-state index in [0.717, 1.165) is 16.5 Å². The molecule has 0 spiro atoms. The Kier molecular flexibility index (Phi) is 7.82. The largest absolute Gasteiger partial charge is 0.444 e. The monoisotopic (exact) mass is 540 g/mol. The Morgan fingerprint density at radius 2 is 2.00 bits per heavy atom. The quantitative estimate of drug-likeness (QED) is 0.288. The third-order valence-electron chi connectivity index (χ3n) is 4.00. The van der Waals surface area contributed by atoms with Crippen molar-refractivity contribution in [1.29, 1.82) is 5.26 Å². The Morgan fingerprint density at radius 3 is 2.53 bits per heavy atom. The van der Waals surface area contributed by atoms with Gasteiger partial charge in [0, 0.05) is 68.1 Å². The fourth-order valence-electron chi connectivity index (χ4n) is 2.85. The second kappa shape index (κ2) is 9.75. The molecule has 1 aromatic heterocycles. The molecule has 7 nitrogen and oxygen atoms in total. The minimum atomic E-state index is -0.599. The van der Waals surface area contributed by atoms with Crippen molar-refractivity contribution in [1.82, 2.24) is 8.87 Å². The zero-order valence-corrected chi connectivity index (χ0v) is 20.8. The molecule has 2 aromatic rings. The van der Waals surface area contributed by atoms with Gasteiger partial charge in [-0.05, 0) is 51.5 Å². The van der Waals surface area contributed by atoms with Crippen LogP contribution in [0.3, 0.4) is 0 Å². The highest BCUT2D eigenvalue weighted by molar-refractivity contribution is 14.2. The van der Waals surface area contributed by atoms with Crippen LogP contribution in [0.15, 0.2) is 30.0 Å². The first-order chi connectivity index (χ1) is 13.9. The summed E-state index contributed by atoms with van der Waals surface area (Å²) in [7, 11) is 4.98. The SMILES string of the molecule is Cc1cc2cc(C(=O)C/C(C#N)=C/N(C)C)n(SI)c2cc1NC(=O)OC(C)(C)C. The molecule has 1 N–H and O–H groups in total. The average Bonchev–Trinajstić information content (AvgIpc) is 2.96. The summed E-state index contributed by atoms with van der Waals surface area (Å²) in [5.74, 6) is -0.149. The smallest absolute Gasteiger partial charge is 0.412 e. The van der Waals surface area contributed by atoms with Gasteiger partial charge in [-0.15, -0.1) is 0 Å². The molecule has 0 saturated heterocycles. The molecule has 0 radical (unpaired) electrons. The summed E-state index contributed by atoms with van der Waals surface area (Å²) in [5, 5.41) is 13.0. The van der Waals surface area contributed by atoms with E-state index < -0.39 is 11.7 Å². The Balaban J connectivity index is 2.42. The maximum Gasteiger partial charge on any atom is 0.412 e. The number of carbonyl (C=O) groups excluding carboxylic acids is 2. The molecule has 1 aromatic carbocycles. The first-order valence-corrected chi connectivity index (χ1v) is 12.5. The predicted molar refractivity (Wildman–Crippen MR) is 130 cm³/mol. The van der Waals surface area contributed by atoms with Gasteiger partial charge in [0.2, 0.25) is 0 Å². The number of aryl methyl sites for hydroxylation is 1. The predicted octanol–water partition coefficient (Wildman–Crippen LogP) is 5.68. The molecular weight excluding hydrogens is 515 g/mol.